The van der Waals surface area contributed by atoms with Crippen molar-refractivity contribution in [1.82, 2.24) is 4.90 Å². The van der Waals surface area contributed by atoms with Gasteiger partial charge in [-0.05, 0) is 37.0 Å². The van der Waals surface area contributed by atoms with Crippen molar-refractivity contribution in [2.24, 2.45) is 5.92 Å². The minimum atomic E-state index is -0.450. The lowest BCUT2D eigenvalue weighted by atomic mass is 9.82. The number of ether oxygens (including phenoxy) is 1. The number of carbonyl (C=O) groups excluding carboxylic acids is 1. The molecule has 0 spiro atoms. The quantitative estimate of drug-likeness (QED) is 0.906. The van der Waals surface area contributed by atoms with Crippen LogP contribution in [0.3, 0.4) is 0 Å². The van der Waals surface area contributed by atoms with Crippen LogP contribution in [-0.4, -0.2) is 42.2 Å². The largest absolute Gasteiger partial charge is 0.482 e. The molecule has 0 aliphatic heterocycles. The molecule has 0 aromatic heterocycles. The van der Waals surface area contributed by atoms with Crippen LogP contribution in [0.4, 0.5) is 4.39 Å². The number of halogens is 2. The number of nitrogens with zero attached hydrogens (tertiary/aromatic N) is 1. The van der Waals surface area contributed by atoms with Crippen molar-refractivity contribution in [3.63, 3.8) is 0 Å². The fourth-order valence-electron chi connectivity index (χ4n) is 2.18. The van der Waals surface area contributed by atoms with Crippen molar-refractivity contribution in [2.75, 3.05) is 20.2 Å². The summed E-state index contributed by atoms with van der Waals surface area (Å²) in [4.78, 5) is 13.5. The Labute approximate surface area is 122 Å². The summed E-state index contributed by atoms with van der Waals surface area (Å²) < 4.78 is 18.1. The van der Waals surface area contributed by atoms with E-state index in [1.165, 1.54) is 12.1 Å². The van der Waals surface area contributed by atoms with Crippen LogP contribution < -0.4 is 4.74 Å². The number of benzene rings is 1. The van der Waals surface area contributed by atoms with E-state index in [2.05, 4.69) is 0 Å². The Morgan fingerprint density at radius 3 is 2.85 bits per heavy atom. The van der Waals surface area contributed by atoms with Crippen molar-refractivity contribution in [1.29, 1.82) is 0 Å². The Balaban J connectivity index is 1.79. The van der Waals surface area contributed by atoms with E-state index in [0.29, 0.717) is 12.5 Å². The molecule has 0 heterocycles. The molecular formula is C14H17ClFNO3. The molecular weight excluding hydrogens is 285 g/mol. The summed E-state index contributed by atoms with van der Waals surface area (Å²) in [5.74, 6) is 0.0170. The van der Waals surface area contributed by atoms with Gasteiger partial charge >= 0.3 is 0 Å². The summed E-state index contributed by atoms with van der Waals surface area (Å²) in [7, 11) is 1.70. The van der Waals surface area contributed by atoms with E-state index in [0.717, 1.165) is 18.9 Å². The highest BCUT2D eigenvalue weighted by Gasteiger charge is 2.29. The van der Waals surface area contributed by atoms with E-state index >= 15 is 0 Å². The van der Waals surface area contributed by atoms with E-state index in [1.807, 2.05) is 0 Å². The zero-order chi connectivity index (χ0) is 14.7. The Morgan fingerprint density at radius 1 is 1.55 bits per heavy atom. The number of aliphatic hydroxyl groups is 1. The fraction of sp³-hybridized carbons (Fsp3) is 0.500. The maximum Gasteiger partial charge on any atom is 0.260 e. The minimum Gasteiger partial charge on any atom is -0.482 e. The first-order valence-electron chi connectivity index (χ1n) is 6.45. The molecule has 20 heavy (non-hydrogen) atoms. The average Bonchev–Trinajstić information content (AvgIpc) is 2.35. The zero-order valence-electron chi connectivity index (χ0n) is 11.2. The van der Waals surface area contributed by atoms with Crippen LogP contribution in [0.15, 0.2) is 18.2 Å². The van der Waals surface area contributed by atoms with E-state index < -0.39 is 5.82 Å². The molecule has 0 radical (unpaired) electrons. The molecule has 4 nitrogen and oxygen atoms in total. The van der Waals surface area contributed by atoms with Crippen LogP contribution in [0, 0.1) is 11.7 Å². The van der Waals surface area contributed by atoms with Gasteiger partial charge in [-0.25, -0.2) is 4.39 Å². The Hall–Kier alpha value is -1.33. The standard InChI is InChI=1S/C14H17ClFNO3/c1-17(7-9-4-11(18)5-9)14(19)8-20-13-3-2-10(16)6-12(13)15/h2-3,6,9,11,18H,4-5,7-8H2,1H3. The SMILES string of the molecule is CN(CC1CC(O)C1)C(=O)COc1ccc(F)cc1Cl. The third-order valence-corrected chi connectivity index (χ3v) is 3.71. The highest BCUT2D eigenvalue weighted by molar-refractivity contribution is 6.32. The van der Waals surface area contributed by atoms with Crippen molar-refractivity contribution < 1.29 is 19.0 Å². The van der Waals surface area contributed by atoms with Gasteiger partial charge in [0.25, 0.3) is 5.91 Å². The van der Waals surface area contributed by atoms with Crippen LogP contribution in [0.1, 0.15) is 12.8 Å². The highest BCUT2D eigenvalue weighted by Crippen LogP contribution is 2.28. The molecule has 1 aromatic rings. The normalized spacial score (nSPS) is 21.2. The summed E-state index contributed by atoms with van der Waals surface area (Å²) in [6.45, 7) is 0.466. The lowest BCUT2D eigenvalue weighted by Crippen LogP contribution is -2.41. The van der Waals surface area contributed by atoms with Gasteiger partial charge in [-0.2, -0.15) is 0 Å². The monoisotopic (exact) mass is 301 g/mol. The zero-order valence-corrected chi connectivity index (χ0v) is 11.9. The first kappa shape index (κ1) is 15.1. The molecule has 110 valence electrons. The summed E-state index contributed by atoms with van der Waals surface area (Å²) in [6.07, 6.45) is 1.25. The number of aliphatic hydroxyl groups excluding tert-OH is 1. The summed E-state index contributed by atoms with van der Waals surface area (Å²) in [5.41, 5.74) is 0. The van der Waals surface area contributed by atoms with E-state index in [9.17, 15) is 14.3 Å². The number of hydrogen-bond acceptors (Lipinski definition) is 3. The summed E-state index contributed by atoms with van der Waals surface area (Å²) >= 11 is 5.81. The molecule has 1 aliphatic carbocycles. The van der Waals surface area contributed by atoms with Crippen molar-refractivity contribution in [3.05, 3.63) is 29.0 Å². The topological polar surface area (TPSA) is 49.8 Å². The van der Waals surface area contributed by atoms with Gasteiger partial charge in [0.2, 0.25) is 0 Å². The second-order valence-electron chi connectivity index (χ2n) is 5.13. The Bertz CT molecular complexity index is 491. The first-order chi connectivity index (χ1) is 9.45. The van der Waals surface area contributed by atoms with Crippen molar-refractivity contribution in [2.45, 2.75) is 18.9 Å². The van der Waals surface area contributed by atoms with Crippen LogP contribution in [-0.2, 0) is 4.79 Å². The highest BCUT2D eigenvalue weighted by atomic mass is 35.5. The van der Waals surface area contributed by atoms with Gasteiger partial charge in [0, 0.05) is 13.6 Å². The summed E-state index contributed by atoms with van der Waals surface area (Å²) in [6, 6.07) is 3.76. The van der Waals surface area contributed by atoms with E-state index in [4.69, 9.17) is 16.3 Å². The molecule has 0 unspecified atom stereocenters. The maximum absolute atomic E-state index is 12.9. The second kappa shape index (κ2) is 6.41. The van der Waals surface area contributed by atoms with Gasteiger partial charge in [0.05, 0.1) is 11.1 Å². The van der Waals surface area contributed by atoms with Gasteiger partial charge in [-0.3, -0.25) is 4.79 Å². The molecule has 0 atom stereocenters. The van der Waals surface area contributed by atoms with E-state index in [-0.39, 0.29) is 29.4 Å². The van der Waals surface area contributed by atoms with Gasteiger partial charge in [0.1, 0.15) is 11.6 Å². The van der Waals surface area contributed by atoms with Crippen molar-refractivity contribution >= 4 is 17.5 Å². The lowest BCUT2D eigenvalue weighted by molar-refractivity contribution is -0.133. The Morgan fingerprint density at radius 2 is 2.25 bits per heavy atom. The predicted molar refractivity (Wildman–Crippen MR) is 73.3 cm³/mol. The van der Waals surface area contributed by atoms with Gasteiger partial charge in [-0.15, -0.1) is 0 Å². The Kier molecular flexibility index (Phi) is 4.83. The third kappa shape index (κ3) is 3.84. The number of carbonyl (C=O) groups is 1. The molecule has 0 saturated heterocycles. The molecule has 1 aliphatic rings. The minimum absolute atomic E-state index is 0.141. The lowest BCUT2D eigenvalue weighted by Gasteiger charge is -2.34. The summed E-state index contributed by atoms with van der Waals surface area (Å²) in [5, 5.41) is 9.34. The molecule has 1 aromatic carbocycles. The maximum atomic E-state index is 12.9. The first-order valence-corrected chi connectivity index (χ1v) is 6.83. The number of likely N-dealkylation sites (N-methyl/N-ethyl adjacent to an activating group) is 1. The fourth-order valence-corrected chi connectivity index (χ4v) is 2.40. The molecule has 6 heteroatoms. The molecule has 0 bridgehead atoms. The number of hydrogen-bond donors (Lipinski definition) is 1. The van der Waals surface area contributed by atoms with Crippen LogP contribution >= 0.6 is 11.6 Å². The molecule has 1 fully saturated rings. The third-order valence-electron chi connectivity index (χ3n) is 3.41. The molecule has 1 N–H and O–H groups in total. The van der Waals surface area contributed by atoms with Crippen LogP contribution in [0.5, 0.6) is 5.75 Å². The predicted octanol–water partition coefficient (Wildman–Crippen LogP) is 2.09. The smallest absolute Gasteiger partial charge is 0.260 e. The number of rotatable bonds is 5. The van der Waals surface area contributed by atoms with Gasteiger partial charge in [-0.1, -0.05) is 11.6 Å². The van der Waals surface area contributed by atoms with Gasteiger partial charge < -0.3 is 14.7 Å². The van der Waals surface area contributed by atoms with Crippen LogP contribution in [0.2, 0.25) is 5.02 Å². The second-order valence-corrected chi connectivity index (χ2v) is 5.54. The van der Waals surface area contributed by atoms with Gasteiger partial charge in [0.15, 0.2) is 6.61 Å². The number of amides is 1. The molecule has 1 amide bonds. The van der Waals surface area contributed by atoms with Crippen molar-refractivity contribution in [3.8, 4) is 5.75 Å². The van der Waals surface area contributed by atoms with Crippen LogP contribution in [0.25, 0.3) is 0 Å². The molecule has 2 rings (SSSR count). The molecule has 1 saturated carbocycles. The average molecular weight is 302 g/mol. The van der Waals surface area contributed by atoms with E-state index in [1.54, 1.807) is 11.9 Å².